The van der Waals surface area contributed by atoms with Crippen LogP contribution in [0.4, 0.5) is 5.69 Å². The van der Waals surface area contributed by atoms with E-state index < -0.39 is 0 Å². The predicted molar refractivity (Wildman–Crippen MR) is 97.0 cm³/mol. The number of hydrogen-bond acceptors (Lipinski definition) is 2. The van der Waals surface area contributed by atoms with Crippen molar-refractivity contribution in [2.75, 3.05) is 0 Å². The Hall–Kier alpha value is -3.00. The van der Waals surface area contributed by atoms with Crippen LogP contribution in [0.5, 0.6) is 0 Å². The van der Waals surface area contributed by atoms with Gasteiger partial charge < -0.3 is 0 Å². The van der Waals surface area contributed by atoms with E-state index in [0.717, 1.165) is 28.1 Å². The second-order valence-corrected chi connectivity index (χ2v) is 5.99. The van der Waals surface area contributed by atoms with Crippen molar-refractivity contribution >= 4 is 17.2 Å². The summed E-state index contributed by atoms with van der Waals surface area (Å²) in [7, 11) is 0. The quantitative estimate of drug-likeness (QED) is 0.679. The molecule has 4 rings (SSSR count). The van der Waals surface area contributed by atoms with Crippen LogP contribution in [0.25, 0.3) is 0 Å². The number of nitrogens with zero attached hydrogens (tertiary/aromatic N) is 1. The molecule has 1 heterocycles. The van der Waals surface area contributed by atoms with E-state index in [4.69, 9.17) is 4.99 Å². The molecule has 0 amide bonds. The summed E-state index contributed by atoms with van der Waals surface area (Å²) in [6.07, 6.45) is 0.668. The van der Waals surface area contributed by atoms with Crippen LogP contribution in [0.15, 0.2) is 89.9 Å². The first-order chi connectivity index (χ1) is 11.8. The molecule has 1 atom stereocenters. The van der Waals surface area contributed by atoms with Gasteiger partial charge in [0.2, 0.25) is 0 Å². The minimum absolute atomic E-state index is 0.156. The fourth-order valence-electron chi connectivity index (χ4n) is 3.21. The van der Waals surface area contributed by atoms with E-state index in [1.54, 1.807) is 0 Å². The first-order valence-corrected chi connectivity index (χ1v) is 8.14. The summed E-state index contributed by atoms with van der Waals surface area (Å²) in [6.45, 7) is 0. The maximum absolute atomic E-state index is 13.1. The Balaban J connectivity index is 1.82. The average molecular weight is 311 g/mol. The van der Waals surface area contributed by atoms with Crippen LogP contribution < -0.4 is 0 Å². The zero-order chi connectivity index (χ0) is 16.4. The van der Waals surface area contributed by atoms with Crippen molar-refractivity contribution in [3.8, 4) is 0 Å². The van der Waals surface area contributed by atoms with Crippen LogP contribution in [-0.2, 0) is 6.42 Å². The van der Waals surface area contributed by atoms with Crippen molar-refractivity contribution in [1.82, 2.24) is 0 Å². The lowest BCUT2D eigenvalue weighted by atomic mass is 9.82. The van der Waals surface area contributed by atoms with Gasteiger partial charge in [0, 0.05) is 5.56 Å². The molecule has 1 unspecified atom stereocenters. The highest BCUT2D eigenvalue weighted by atomic mass is 16.1. The van der Waals surface area contributed by atoms with Gasteiger partial charge in [-0.25, -0.2) is 0 Å². The molecule has 116 valence electrons. The lowest BCUT2D eigenvalue weighted by Gasteiger charge is -2.24. The third-order valence-electron chi connectivity index (χ3n) is 4.41. The van der Waals surface area contributed by atoms with Crippen molar-refractivity contribution in [3.63, 3.8) is 0 Å². The van der Waals surface area contributed by atoms with E-state index in [1.807, 2.05) is 72.8 Å². The predicted octanol–water partition coefficient (Wildman–Crippen LogP) is 4.86. The Kier molecular flexibility index (Phi) is 3.80. The highest BCUT2D eigenvalue weighted by Gasteiger charge is 2.32. The van der Waals surface area contributed by atoms with Crippen molar-refractivity contribution in [2.45, 2.75) is 6.42 Å². The van der Waals surface area contributed by atoms with Crippen LogP contribution in [-0.4, -0.2) is 11.5 Å². The van der Waals surface area contributed by atoms with Gasteiger partial charge in [-0.05, 0) is 29.7 Å². The molecule has 0 radical (unpaired) electrons. The summed E-state index contributed by atoms with van der Waals surface area (Å²) < 4.78 is 0. The van der Waals surface area contributed by atoms with Crippen molar-refractivity contribution in [1.29, 1.82) is 0 Å². The Morgan fingerprint density at radius 3 is 2.12 bits per heavy atom. The minimum Gasteiger partial charge on any atom is -0.293 e. The van der Waals surface area contributed by atoms with E-state index in [2.05, 4.69) is 12.1 Å². The first kappa shape index (κ1) is 14.6. The number of aliphatic imine (C=N–C) groups is 1. The van der Waals surface area contributed by atoms with Gasteiger partial charge in [-0.1, -0.05) is 72.8 Å². The summed E-state index contributed by atoms with van der Waals surface area (Å²) in [5, 5.41) is 0. The molecule has 3 aromatic rings. The van der Waals surface area contributed by atoms with Gasteiger partial charge in [0.1, 0.15) is 0 Å². The Morgan fingerprint density at radius 2 is 1.38 bits per heavy atom. The second kappa shape index (κ2) is 6.25. The zero-order valence-electron chi connectivity index (χ0n) is 13.2. The average Bonchev–Trinajstić information content (AvgIpc) is 2.65. The molecular formula is C22H17NO. The summed E-state index contributed by atoms with van der Waals surface area (Å²) in [4.78, 5) is 18.0. The molecule has 0 N–H and O–H groups in total. The van der Waals surface area contributed by atoms with Crippen LogP contribution in [0.2, 0.25) is 0 Å². The number of rotatable bonds is 3. The van der Waals surface area contributed by atoms with Gasteiger partial charge in [0.05, 0.1) is 17.3 Å². The Bertz CT molecular complexity index is 898. The normalized spacial score (nSPS) is 16.4. The summed E-state index contributed by atoms with van der Waals surface area (Å²) >= 11 is 0. The molecular weight excluding hydrogens is 294 g/mol. The third kappa shape index (κ3) is 2.67. The third-order valence-corrected chi connectivity index (χ3v) is 4.41. The first-order valence-electron chi connectivity index (χ1n) is 8.14. The van der Waals surface area contributed by atoms with Crippen molar-refractivity contribution < 1.29 is 4.79 Å². The smallest absolute Gasteiger partial charge is 0.174 e. The molecule has 0 bridgehead atoms. The zero-order valence-corrected chi connectivity index (χ0v) is 13.2. The molecule has 0 aliphatic carbocycles. The van der Waals surface area contributed by atoms with Crippen LogP contribution in [0.1, 0.15) is 21.5 Å². The Labute approximate surface area is 141 Å². The van der Waals surface area contributed by atoms with Gasteiger partial charge in [-0.15, -0.1) is 0 Å². The SMILES string of the molecule is O=C1c2ccccc2N=C(c2ccccc2)C1Cc1ccccc1. The van der Waals surface area contributed by atoms with E-state index in [-0.39, 0.29) is 11.7 Å². The highest BCUT2D eigenvalue weighted by molar-refractivity contribution is 6.23. The molecule has 0 fully saturated rings. The number of hydrogen-bond donors (Lipinski definition) is 0. The maximum atomic E-state index is 13.1. The fourth-order valence-corrected chi connectivity index (χ4v) is 3.21. The van der Waals surface area contributed by atoms with Crippen LogP contribution in [0, 0.1) is 5.92 Å². The second-order valence-electron chi connectivity index (χ2n) is 5.99. The van der Waals surface area contributed by atoms with E-state index >= 15 is 0 Å². The number of fused-ring (bicyclic) bond motifs is 1. The van der Waals surface area contributed by atoms with Gasteiger partial charge >= 0.3 is 0 Å². The number of Topliss-reactive ketones (excluding diaryl/α,β-unsaturated/α-hetero) is 1. The van der Waals surface area contributed by atoms with Crippen molar-refractivity contribution in [3.05, 3.63) is 102 Å². The number of carbonyl (C=O) groups is 1. The lowest BCUT2D eigenvalue weighted by Crippen LogP contribution is -2.30. The number of benzene rings is 3. The van der Waals surface area contributed by atoms with E-state index in [9.17, 15) is 4.79 Å². The lowest BCUT2D eigenvalue weighted by molar-refractivity contribution is 0.0952. The van der Waals surface area contributed by atoms with E-state index in [1.165, 1.54) is 0 Å². The van der Waals surface area contributed by atoms with Gasteiger partial charge in [-0.2, -0.15) is 0 Å². The fraction of sp³-hybridized carbons (Fsp3) is 0.0909. The molecule has 3 aromatic carbocycles. The molecule has 1 aliphatic rings. The molecule has 2 nitrogen and oxygen atoms in total. The number of ketones is 1. The highest BCUT2D eigenvalue weighted by Crippen LogP contribution is 2.32. The maximum Gasteiger partial charge on any atom is 0.174 e. The Morgan fingerprint density at radius 1 is 0.750 bits per heavy atom. The molecule has 0 saturated carbocycles. The standard InChI is InChI=1S/C22H17NO/c24-22-18-13-7-8-14-20(18)23-21(17-11-5-2-6-12-17)19(22)15-16-9-3-1-4-10-16/h1-14,19H,15H2. The van der Waals surface area contributed by atoms with Crippen LogP contribution >= 0.6 is 0 Å². The molecule has 24 heavy (non-hydrogen) atoms. The van der Waals surface area contributed by atoms with Gasteiger partial charge in [0.15, 0.2) is 5.78 Å². The van der Waals surface area contributed by atoms with Crippen LogP contribution in [0.3, 0.4) is 0 Å². The van der Waals surface area contributed by atoms with Gasteiger partial charge in [0.25, 0.3) is 0 Å². The topological polar surface area (TPSA) is 29.4 Å². The molecule has 0 spiro atoms. The monoisotopic (exact) mass is 311 g/mol. The van der Waals surface area contributed by atoms with Gasteiger partial charge in [-0.3, -0.25) is 9.79 Å². The molecule has 2 heteroatoms. The number of para-hydroxylation sites is 1. The number of carbonyl (C=O) groups excluding carboxylic acids is 1. The minimum atomic E-state index is -0.246. The van der Waals surface area contributed by atoms with Crippen molar-refractivity contribution in [2.24, 2.45) is 10.9 Å². The molecule has 0 saturated heterocycles. The summed E-state index contributed by atoms with van der Waals surface area (Å²) in [5.41, 5.74) is 4.52. The largest absolute Gasteiger partial charge is 0.293 e. The summed E-state index contributed by atoms with van der Waals surface area (Å²) in [5.74, 6) is -0.0898. The summed E-state index contributed by atoms with van der Waals surface area (Å²) in [6, 6.07) is 27.8. The molecule has 0 aromatic heterocycles. The molecule has 1 aliphatic heterocycles. The van der Waals surface area contributed by atoms with E-state index in [0.29, 0.717) is 6.42 Å².